The van der Waals surface area contributed by atoms with Crippen LogP contribution >= 0.6 is 0 Å². The van der Waals surface area contributed by atoms with E-state index in [0.717, 1.165) is 11.1 Å². The maximum absolute atomic E-state index is 11.4. The third-order valence-corrected chi connectivity index (χ3v) is 2.53. The van der Waals surface area contributed by atoms with Crippen LogP contribution in [0, 0.1) is 13.8 Å². The third kappa shape index (κ3) is 4.97. The number of ether oxygens (including phenoxy) is 2. The first-order valence-corrected chi connectivity index (χ1v) is 5.84. The summed E-state index contributed by atoms with van der Waals surface area (Å²) in [5.41, 5.74) is 6.69. The van der Waals surface area contributed by atoms with Crippen LogP contribution in [0.3, 0.4) is 0 Å². The molecule has 0 heterocycles. The first-order chi connectivity index (χ1) is 9.40. The zero-order valence-corrected chi connectivity index (χ0v) is 11.3. The van der Waals surface area contributed by atoms with Gasteiger partial charge < -0.3 is 15.2 Å². The molecular weight excluding hydrogens is 264 g/mol. The Kier molecular flexibility index (Phi) is 5.52. The molecule has 0 atom stereocenters. The molecule has 0 radical (unpaired) electrons. The van der Waals surface area contributed by atoms with E-state index in [4.69, 9.17) is 10.5 Å². The van der Waals surface area contributed by atoms with E-state index >= 15 is 0 Å². The molecule has 0 saturated carbocycles. The molecule has 1 rings (SSSR count). The van der Waals surface area contributed by atoms with Crippen LogP contribution in [-0.4, -0.2) is 31.1 Å². The van der Waals surface area contributed by atoms with Gasteiger partial charge in [0.1, 0.15) is 5.75 Å². The van der Waals surface area contributed by atoms with Crippen molar-refractivity contribution in [1.29, 1.82) is 0 Å². The Morgan fingerprint density at radius 1 is 1.20 bits per heavy atom. The Morgan fingerprint density at radius 3 is 2.55 bits per heavy atom. The molecule has 0 fully saturated rings. The van der Waals surface area contributed by atoms with Crippen molar-refractivity contribution in [3.8, 4) is 5.75 Å². The van der Waals surface area contributed by atoms with E-state index in [1.54, 1.807) is 11.4 Å². The van der Waals surface area contributed by atoms with Crippen LogP contribution in [0.4, 0.5) is 4.79 Å². The summed E-state index contributed by atoms with van der Waals surface area (Å²) < 4.78 is 9.91. The first kappa shape index (κ1) is 15.5. The van der Waals surface area contributed by atoms with E-state index in [9.17, 15) is 14.4 Å². The van der Waals surface area contributed by atoms with Crippen LogP contribution in [0.5, 0.6) is 5.75 Å². The molecule has 0 aliphatic heterocycles. The lowest BCUT2D eigenvalue weighted by Gasteiger charge is -2.10. The number of benzene rings is 1. The fraction of sp³-hybridized carbons (Fsp3) is 0.308. The predicted octanol–water partition coefficient (Wildman–Crippen LogP) is 0.420. The number of rotatable bonds is 5. The Morgan fingerprint density at radius 2 is 1.90 bits per heavy atom. The van der Waals surface area contributed by atoms with Gasteiger partial charge in [-0.25, -0.2) is 9.59 Å². The van der Waals surface area contributed by atoms with E-state index in [2.05, 4.69) is 4.74 Å². The molecule has 3 N–H and O–H groups in total. The molecule has 7 nitrogen and oxygen atoms in total. The van der Waals surface area contributed by atoms with Crippen molar-refractivity contribution in [1.82, 2.24) is 5.32 Å². The molecule has 1 aromatic carbocycles. The van der Waals surface area contributed by atoms with Crippen LogP contribution in [0.25, 0.3) is 0 Å². The lowest BCUT2D eigenvalue weighted by Crippen LogP contribution is -2.38. The molecule has 0 aliphatic rings. The highest BCUT2D eigenvalue weighted by Crippen LogP contribution is 2.20. The van der Waals surface area contributed by atoms with E-state index in [1.807, 2.05) is 26.0 Å². The standard InChI is InChI=1S/C13H16N2O5/c1-8-4-3-5-10(9(8)2)19-7-12(17)20-6-11(16)15-13(14)18/h3-5H,6-7H2,1-2H3,(H3,14,15,16,18). The van der Waals surface area contributed by atoms with E-state index in [-0.39, 0.29) is 6.61 Å². The number of amides is 3. The summed E-state index contributed by atoms with van der Waals surface area (Å²) in [6.07, 6.45) is 0. The van der Waals surface area contributed by atoms with E-state index < -0.39 is 24.5 Å². The number of hydrogen-bond acceptors (Lipinski definition) is 5. The maximum atomic E-state index is 11.4. The zero-order chi connectivity index (χ0) is 15.1. The number of carbonyl (C=O) groups is 3. The lowest BCUT2D eigenvalue weighted by molar-refractivity contribution is -0.150. The van der Waals surface area contributed by atoms with Gasteiger partial charge in [-0.1, -0.05) is 12.1 Å². The molecule has 0 unspecified atom stereocenters. The molecule has 3 amide bonds. The van der Waals surface area contributed by atoms with Gasteiger partial charge in [0.05, 0.1) is 0 Å². The normalized spacial score (nSPS) is 9.70. The minimum absolute atomic E-state index is 0.325. The van der Waals surface area contributed by atoms with Gasteiger partial charge in [0, 0.05) is 0 Å². The molecule has 0 bridgehead atoms. The van der Waals surface area contributed by atoms with Crippen molar-refractivity contribution < 1.29 is 23.9 Å². The fourth-order valence-corrected chi connectivity index (χ4v) is 1.38. The fourth-order valence-electron chi connectivity index (χ4n) is 1.38. The van der Waals surface area contributed by atoms with Gasteiger partial charge in [-0.2, -0.15) is 0 Å². The number of carbonyl (C=O) groups excluding carboxylic acids is 3. The second-order valence-electron chi connectivity index (χ2n) is 4.06. The molecule has 0 saturated heterocycles. The van der Waals surface area contributed by atoms with Gasteiger partial charge >= 0.3 is 12.0 Å². The highest BCUT2D eigenvalue weighted by molar-refractivity contribution is 5.94. The molecule has 0 spiro atoms. The summed E-state index contributed by atoms with van der Waals surface area (Å²) in [7, 11) is 0. The number of urea groups is 1. The second kappa shape index (κ2) is 7.13. The van der Waals surface area contributed by atoms with Crippen molar-refractivity contribution in [3.05, 3.63) is 29.3 Å². The maximum Gasteiger partial charge on any atom is 0.344 e. The summed E-state index contributed by atoms with van der Waals surface area (Å²) >= 11 is 0. The number of aryl methyl sites for hydroxylation is 1. The number of nitrogens with one attached hydrogen (secondary N) is 1. The van der Waals surface area contributed by atoms with Crippen molar-refractivity contribution >= 4 is 17.9 Å². The highest BCUT2D eigenvalue weighted by Gasteiger charge is 2.10. The van der Waals surface area contributed by atoms with Gasteiger partial charge in [0.25, 0.3) is 5.91 Å². The summed E-state index contributed by atoms with van der Waals surface area (Å²) in [5, 5.41) is 1.77. The first-order valence-electron chi connectivity index (χ1n) is 5.84. The molecular formula is C13H16N2O5. The molecule has 20 heavy (non-hydrogen) atoms. The van der Waals surface area contributed by atoms with Gasteiger partial charge in [-0.05, 0) is 31.0 Å². The van der Waals surface area contributed by atoms with Crippen molar-refractivity contribution in [2.75, 3.05) is 13.2 Å². The topological polar surface area (TPSA) is 108 Å². The SMILES string of the molecule is Cc1cccc(OCC(=O)OCC(=O)NC(N)=O)c1C. The molecule has 7 heteroatoms. The van der Waals surface area contributed by atoms with Gasteiger partial charge in [-0.3, -0.25) is 10.1 Å². The average molecular weight is 280 g/mol. The summed E-state index contributed by atoms with van der Waals surface area (Å²) in [6.45, 7) is 2.89. The molecule has 0 aromatic heterocycles. The number of primary amides is 1. The van der Waals surface area contributed by atoms with Crippen LogP contribution in [0.2, 0.25) is 0 Å². The monoisotopic (exact) mass is 280 g/mol. The number of esters is 1. The van der Waals surface area contributed by atoms with Crippen LogP contribution in [0.1, 0.15) is 11.1 Å². The van der Waals surface area contributed by atoms with Crippen molar-refractivity contribution in [2.24, 2.45) is 5.73 Å². The quantitative estimate of drug-likeness (QED) is 0.760. The smallest absolute Gasteiger partial charge is 0.344 e. The minimum Gasteiger partial charge on any atom is -0.482 e. The predicted molar refractivity (Wildman–Crippen MR) is 70.1 cm³/mol. The van der Waals surface area contributed by atoms with Crippen molar-refractivity contribution in [2.45, 2.75) is 13.8 Å². The largest absolute Gasteiger partial charge is 0.482 e. The second-order valence-corrected chi connectivity index (χ2v) is 4.06. The molecule has 108 valence electrons. The Bertz CT molecular complexity index is 527. The van der Waals surface area contributed by atoms with Gasteiger partial charge in [0.2, 0.25) is 0 Å². The van der Waals surface area contributed by atoms with Crippen LogP contribution < -0.4 is 15.8 Å². The van der Waals surface area contributed by atoms with Gasteiger partial charge in [0.15, 0.2) is 13.2 Å². The minimum atomic E-state index is -1.00. The third-order valence-electron chi connectivity index (χ3n) is 2.53. The average Bonchev–Trinajstić information content (AvgIpc) is 2.37. The van der Waals surface area contributed by atoms with E-state index in [0.29, 0.717) is 5.75 Å². The number of hydrogen-bond donors (Lipinski definition) is 2. The molecule has 0 aliphatic carbocycles. The van der Waals surface area contributed by atoms with Gasteiger partial charge in [-0.15, -0.1) is 0 Å². The summed E-state index contributed by atoms with van der Waals surface area (Å²) in [5.74, 6) is -0.938. The summed E-state index contributed by atoms with van der Waals surface area (Å²) in [6, 6.07) is 4.46. The zero-order valence-electron chi connectivity index (χ0n) is 11.3. The number of nitrogens with two attached hydrogens (primary N) is 1. The van der Waals surface area contributed by atoms with Crippen molar-refractivity contribution in [3.63, 3.8) is 0 Å². The number of imide groups is 1. The Balaban J connectivity index is 2.38. The summed E-state index contributed by atoms with van der Waals surface area (Å²) in [4.78, 5) is 32.7. The Hall–Kier alpha value is -2.57. The van der Waals surface area contributed by atoms with E-state index in [1.165, 1.54) is 0 Å². The van der Waals surface area contributed by atoms with Crippen LogP contribution in [-0.2, 0) is 14.3 Å². The lowest BCUT2D eigenvalue weighted by atomic mass is 10.1. The molecule has 1 aromatic rings. The Labute approximate surface area is 116 Å². The van der Waals surface area contributed by atoms with Crippen LogP contribution in [0.15, 0.2) is 18.2 Å². The highest BCUT2D eigenvalue weighted by atomic mass is 16.6.